The molecule has 0 atom stereocenters. The Kier molecular flexibility index (Phi) is 6.87. The molecular weight excluding hydrogens is 476 g/mol. The van der Waals surface area contributed by atoms with Gasteiger partial charge in [0, 0.05) is 36.9 Å². The van der Waals surface area contributed by atoms with Crippen molar-refractivity contribution in [1.29, 1.82) is 0 Å². The highest BCUT2D eigenvalue weighted by Gasteiger charge is 2.26. The molecule has 2 aromatic heterocycles. The first-order valence-corrected chi connectivity index (χ1v) is 11.1. The second-order valence-electron chi connectivity index (χ2n) is 8.34. The number of alkyl halides is 3. The number of benzene rings is 2. The predicted octanol–water partition coefficient (Wildman–Crippen LogP) is 6.27. The van der Waals surface area contributed by atoms with Crippen LogP contribution in [0.4, 0.5) is 23.2 Å². The van der Waals surface area contributed by atoms with Crippen molar-refractivity contribution in [3.63, 3.8) is 0 Å². The third kappa shape index (κ3) is 5.42. The van der Waals surface area contributed by atoms with Gasteiger partial charge in [-0.25, -0.2) is 9.37 Å². The summed E-state index contributed by atoms with van der Waals surface area (Å²) >= 11 is 0. The second kappa shape index (κ2) is 9.88. The maximum atomic E-state index is 13.8. The summed E-state index contributed by atoms with van der Waals surface area (Å²) in [6, 6.07) is 11.0. The zero-order valence-electron chi connectivity index (χ0n) is 19.8. The van der Waals surface area contributed by atoms with Crippen LogP contribution < -0.4 is 15.4 Å². The molecule has 0 radical (unpaired) electrons. The van der Waals surface area contributed by atoms with E-state index in [1.165, 1.54) is 18.2 Å². The maximum absolute atomic E-state index is 13.8. The molecule has 0 unspecified atom stereocenters. The average molecular weight is 500 g/mol. The molecule has 2 aromatic carbocycles. The summed E-state index contributed by atoms with van der Waals surface area (Å²) in [7, 11) is 1.55. The molecule has 6 nitrogen and oxygen atoms in total. The molecule has 2 heterocycles. The van der Waals surface area contributed by atoms with E-state index < -0.39 is 18.4 Å². The van der Waals surface area contributed by atoms with E-state index in [1.807, 2.05) is 13.0 Å². The Bertz CT molecular complexity index is 1430. The molecule has 2 N–H and O–H groups in total. The van der Waals surface area contributed by atoms with Crippen LogP contribution in [0.2, 0.25) is 0 Å². The van der Waals surface area contributed by atoms with Crippen LogP contribution in [-0.2, 0) is 0 Å². The van der Waals surface area contributed by atoms with Crippen molar-refractivity contribution in [2.75, 3.05) is 18.9 Å². The summed E-state index contributed by atoms with van der Waals surface area (Å²) in [5.41, 5.74) is 4.06. The maximum Gasteiger partial charge on any atom is 0.390 e. The molecule has 0 aliphatic rings. The Morgan fingerprint density at radius 1 is 1.08 bits per heavy atom. The molecule has 0 spiro atoms. The first kappa shape index (κ1) is 25.0. The molecule has 0 fully saturated rings. The number of aromatic nitrogens is 2. The molecule has 1 amide bonds. The Morgan fingerprint density at radius 3 is 2.56 bits per heavy atom. The van der Waals surface area contributed by atoms with E-state index in [4.69, 9.17) is 4.74 Å². The predicted molar refractivity (Wildman–Crippen MR) is 129 cm³/mol. The number of hydrogen-bond donors (Lipinski definition) is 2. The fraction of sp³-hybridized carbons (Fsp3) is 0.231. The minimum absolute atomic E-state index is 0.213. The van der Waals surface area contributed by atoms with E-state index in [-0.39, 0.29) is 24.0 Å². The standard InChI is InChI=1S/C26H24F4N4O2/c1-15-4-6-18(27)11-23(15)36-19-12-21(32-9-8-26(28,29)30)24-33-13-22(34(24)14-19)17-5-7-20(16(2)10-17)25(35)31-3/h4-7,10-14,32H,8-9H2,1-3H3,(H,31,35). The molecule has 0 bridgehead atoms. The van der Waals surface area contributed by atoms with Gasteiger partial charge in [0.25, 0.3) is 5.91 Å². The molecule has 188 valence electrons. The van der Waals surface area contributed by atoms with Crippen LogP contribution in [0.25, 0.3) is 16.9 Å². The Hall–Kier alpha value is -4.08. The van der Waals surface area contributed by atoms with Gasteiger partial charge < -0.3 is 15.4 Å². The van der Waals surface area contributed by atoms with E-state index in [9.17, 15) is 22.4 Å². The molecule has 0 aliphatic carbocycles. The van der Waals surface area contributed by atoms with Crippen LogP contribution in [0.5, 0.6) is 11.5 Å². The van der Waals surface area contributed by atoms with E-state index in [0.29, 0.717) is 28.2 Å². The van der Waals surface area contributed by atoms with Gasteiger partial charge in [-0.3, -0.25) is 9.20 Å². The minimum Gasteiger partial charge on any atom is -0.455 e. The first-order valence-electron chi connectivity index (χ1n) is 11.1. The summed E-state index contributed by atoms with van der Waals surface area (Å²) in [6.45, 7) is 3.21. The van der Waals surface area contributed by atoms with E-state index in [1.54, 1.807) is 49.0 Å². The summed E-state index contributed by atoms with van der Waals surface area (Å²) in [5.74, 6) is -0.128. The Balaban J connectivity index is 1.79. The van der Waals surface area contributed by atoms with Gasteiger partial charge in [-0.2, -0.15) is 13.2 Å². The fourth-order valence-corrected chi connectivity index (χ4v) is 3.82. The number of ether oxygens (including phenoxy) is 1. The molecular formula is C26H24F4N4O2. The SMILES string of the molecule is CNC(=O)c1ccc(-c2cnc3c(NCCC(F)(F)F)cc(Oc4cc(F)ccc4C)cn23)cc1C. The Labute approximate surface area is 204 Å². The van der Waals surface area contributed by atoms with Gasteiger partial charge >= 0.3 is 6.18 Å². The van der Waals surface area contributed by atoms with E-state index in [0.717, 1.165) is 11.1 Å². The quantitative estimate of drug-likeness (QED) is 0.294. The number of halogens is 4. The van der Waals surface area contributed by atoms with Gasteiger partial charge in [0.15, 0.2) is 5.65 Å². The van der Waals surface area contributed by atoms with E-state index >= 15 is 0 Å². The number of carbonyl (C=O) groups is 1. The van der Waals surface area contributed by atoms with Crippen molar-refractivity contribution in [1.82, 2.24) is 14.7 Å². The van der Waals surface area contributed by atoms with Crippen molar-refractivity contribution in [3.05, 3.63) is 77.4 Å². The fourth-order valence-electron chi connectivity index (χ4n) is 3.82. The number of aryl methyl sites for hydroxylation is 2. The van der Waals surface area contributed by atoms with Crippen LogP contribution in [0.3, 0.4) is 0 Å². The smallest absolute Gasteiger partial charge is 0.390 e. The highest BCUT2D eigenvalue weighted by atomic mass is 19.4. The molecule has 10 heteroatoms. The zero-order valence-corrected chi connectivity index (χ0v) is 19.8. The second-order valence-corrected chi connectivity index (χ2v) is 8.34. The summed E-state index contributed by atoms with van der Waals surface area (Å²) < 4.78 is 59.7. The van der Waals surface area contributed by atoms with Gasteiger partial charge in [0.05, 0.1) is 30.2 Å². The lowest BCUT2D eigenvalue weighted by Crippen LogP contribution is -2.18. The highest BCUT2D eigenvalue weighted by molar-refractivity contribution is 5.96. The number of pyridine rings is 1. The van der Waals surface area contributed by atoms with Crippen LogP contribution in [-0.4, -0.2) is 35.1 Å². The van der Waals surface area contributed by atoms with Crippen LogP contribution in [0, 0.1) is 19.7 Å². The lowest BCUT2D eigenvalue weighted by Gasteiger charge is -2.15. The monoisotopic (exact) mass is 500 g/mol. The third-order valence-electron chi connectivity index (χ3n) is 5.68. The van der Waals surface area contributed by atoms with Crippen molar-refractivity contribution in [3.8, 4) is 22.8 Å². The molecule has 0 saturated carbocycles. The number of amides is 1. The normalized spacial score (nSPS) is 11.5. The number of nitrogens with one attached hydrogen (secondary N) is 2. The van der Waals surface area contributed by atoms with Crippen molar-refractivity contribution >= 4 is 17.2 Å². The number of nitrogens with zero attached hydrogens (tertiary/aromatic N) is 2. The number of rotatable bonds is 7. The lowest BCUT2D eigenvalue weighted by atomic mass is 10.0. The minimum atomic E-state index is -4.32. The summed E-state index contributed by atoms with van der Waals surface area (Å²) in [5, 5.41) is 5.39. The number of hydrogen-bond acceptors (Lipinski definition) is 4. The molecule has 4 aromatic rings. The van der Waals surface area contributed by atoms with Crippen molar-refractivity contribution in [2.24, 2.45) is 0 Å². The molecule has 0 saturated heterocycles. The van der Waals surface area contributed by atoms with Crippen LogP contribution in [0.15, 0.2) is 54.9 Å². The molecule has 4 rings (SSSR count). The van der Waals surface area contributed by atoms with Crippen LogP contribution >= 0.6 is 0 Å². The van der Waals surface area contributed by atoms with Gasteiger partial charge in [-0.1, -0.05) is 12.1 Å². The lowest BCUT2D eigenvalue weighted by molar-refractivity contribution is -0.131. The molecule has 36 heavy (non-hydrogen) atoms. The first-order chi connectivity index (χ1) is 17.1. The average Bonchev–Trinajstić information content (AvgIpc) is 3.24. The van der Waals surface area contributed by atoms with Crippen molar-refractivity contribution < 1.29 is 27.1 Å². The topological polar surface area (TPSA) is 67.7 Å². The largest absolute Gasteiger partial charge is 0.455 e. The van der Waals surface area contributed by atoms with Gasteiger partial charge in [0.1, 0.15) is 17.3 Å². The zero-order chi connectivity index (χ0) is 26.0. The number of anilines is 1. The third-order valence-corrected chi connectivity index (χ3v) is 5.68. The van der Waals surface area contributed by atoms with Gasteiger partial charge in [-0.05, 0) is 43.2 Å². The number of imidazole rings is 1. The highest BCUT2D eigenvalue weighted by Crippen LogP contribution is 2.33. The van der Waals surface area contributed by atoms with Crippen LogP contribution in [0.1, 0.15) is 27.9 Å². The van der Waals surface area contributed by atoms with Gasteiger partial charge in [0.2, 0.25) is 0 Å². The Morgan fingerprint density at radius 2 is 1.86 bits per heavy atom. The molecule has 0 aliphatic heterocycles. The van der Waals surface area contributed by atoms with Crippen molar-refractivity contribution in [2.45, 2.75) is 26.4 Å². The summed E-state index contributed by atoms with van der Waals surface area (Å²) in [4.78, 5) is 16.5. The van der Waals surface area contributed by atoms with E-state index in [2.05, 4.69) is 15.6 Å². The van der Waals surface area contributed by atoms with Gasteiger partial charge in [-0.15, -0.1) is 0 Å². The number of fused-ring (bicyclic) bond motifs is 1. The number of carbonyl (C=O) groups excluding carboxylic acids is 1. The summed E-state index contributed by atoms with van der Waals surface area (Å²) in [6.07, 6.45) is -2.11.